The van der Waals surface area contributed by atoms with Crippen LogP contribution in [-0.2, 0) is 21.0 Å². The number of anilines is 1. The SMILES string of the molecule is O=C=C1c2ccccc2N(OCc2ccccc2)C1C(=O)C1CCN1. The monoisotopic (exact) mass is 334 g/mol. The number of Topliss-reactive ketones (excluding diaryl/α,β-unsaturated/α-hetero) is 1. The fraction of sp³-hybridized carbons (Fsp3) is 0.250. The number of rotatable bonds is 5. The molecule has 2 aromatic rings. The van der Waals surface area contributed by atoms with E-state index in [2.05, 4.69) is 5.32 Å². The Labute approximate surface area is 145 Å². The third-order valence-electron chi connectivity index (χ3n) is 4.70. The van der Waals surface area contributed by atoms with Crippen LogP contribution in [0, 0.1) is 0 Å². The molecule has 126 valence electrons. The standard InChI is InChI=1S/C20H18N2O3/c23-12-16-15-8-4-5-9-18(15)22(19(16)20(24)17-10-11-21-17)25-13-14-6-2-1-3-7-14/h1-9,17,19,21H,10-11,13H2. The van der Waals surface area contributed by atoms with E-state index in [0.717, 1.165) is 24.2 Å². The second-order valence-corrected chi connectivity index (χ2v) is 6.22. The number of ketones is 1. The van der Waals surface area contributed by atoms with E-state index in [4.69, 9.17) is 4.84 Å². The van der Waals surface area contributed by atoms with E-state index in [0.29, 0.717) is 17.7 Å². The quantitative estimate of drug-likeness (QED) is 0.849. The van der Waals surface area contributed by atoms with Gasteiger partial charge in [-0.25, -0.2) is 9.86 Å². The summed E-state index contributed by atoms with van der Waals surface area (Å²) in [5.41, 5.74) is 2.79. The molecule has 5 nitrogen and oxygen atoms in total. The van der Waals surface area contributed by atoms with Gasteiger partial charge < -0.3 is 5.32 Å². The molecular weight excluding hydrogens is 316 g/mol. The first-order valence-electron chi connectivity index (χ1n) is 8.37. The molecule has 4 rings (SSSR count). The molecule has 0 radical (unpaired) electrons. The van der Waals surface area contributed by atoms with Crippen LogP contribution in [0.4, 0.5) is 5.69 Å². The van der Waals surface area contributed by atoms with Crippen molar-refractivity contribution in [3.63, 3.8) is 0 Å². The topological polar surface area (TPSA) is 58.6 Å². The van der Waals surface area contributed by atoms with Gasteiger partial charge in [0.2, 0.25) is 0 Å². The molecule has 2 heterocycles. The van der Waals surface area contributed by atoms with Gasteiger partial charge in [0, 0.05) is 5.56 Å². The molecular formula is C20H18N2O3. The van der Waals surface area contributed by atoms with E-state index in [1.807, 2.05) is 60.5 Å². The lowest BCUT2D eigenvalue weighted by molar-refractivity contribution is -0.124. The maximum atomic E-state index is 12.9. The van der Waals surface area contributed by atoms with E-state index in [9.17, 15) is 9.59 Å². The smallest absolute Gasteiger partial charge is 0.179 e. The summed E-state index contributed by atoms with van der Waals surface area (Å²) >= 11 is 0. The number of hydrogen-bond donors (Lipinski definition) is 1. The van der Waals surface area contributed by atoms with E-state index in [-0.39, 0.29) is 11.8 Å². The van der Waals surface area contributed by atoms with Crippen LogP contribution in [0.2, 0.25) is 0 Å². The highest BCUT2D eigenvalue weighted by atomic mass is 16.7. The molecule has 0 amide bonds. The Morgan fingerprint density at radius 3 is 2.56 bits per heavy atom. The lowest BCUT2D eigenvalue weighted by Gasteiger charge is -2.32. The van der Waals surface area contributed by atoms with E-state index < -0.39 is 6.04 Å². The van der Waals surface area contributed by atoms with Gasteiger partial charge in [0.05, 0.1) is 23.9 Å². The van der Waals surface area contributed by atoms with Crippen molar-refractivity contribution in [2.75, 3.05) is 11.6 Å². The van der Waals surface area contributed by atoms with E-state index >= 15 is 0 Å². The Balaban J connectivity index is 1.67. The Bertz CT molecular complexity index is 839. The molecule has 0 spiro atoms. The molecule has 2 aliphatic heterocycles. The van der Waals surface area contributed by atoms with Gasteiger partial charge in [-0.1, -0.05) is 48.5 Å². The molecule has 2 unspecified atom stereocenters. The number of hydrogen-bond acceptors (Lipinski definition) is 5. The van der Waals surface area contributed by atoms with Crippen molar-refractivity contribution in [2.45, 2.75) is 25.1 Å². The van der Waals surface area contributed by atoms with Crippen molar-refractivity contribution in [2.24, 2.45) is 0 Å². The van der Waals surface area contributed by atoms with Crippen LogP contribution >= 0.6 is 0 Å². The van der Waals surface area contributed by atoms with Gasteiger partial charge in [-0.3, -0.25) is 9.63 Å². The number of carbonyl (C=O) groups excluding carboxylic acids is 2. The van der Waals surface area contributed by atoms with E-state index in [1.54, 1.807) is 5.06 Å². The predicted octanol–water partition coefficient (Wildman–Crippen LogP) is 2.15. The molecule has 0 bridgehead atoms. The second-order valence-electron chi connectivity index (χ2n) is 6.22. The first kappa shape index (κ1) is 15.8. The molecule has 2 atom stereocenters. The maximum absolute atomic E-state index is 12.9. The highest BCUT2D eigenvalue weighted by Crippen LogP contribution is 2.40. The van der Waals surface area contributed by atoms with Crippen LogP contribution in [0.1, 0.15) is 17.5 Å². The van der Waals surface area contributed by atoms with Crippen molar-refractivity contribution in [3.05, 3.63) is 65.7 Å². The molecule has 0 aromatic heterocycles. The molecule has 1 saturated heterocycles. The minimum atomic E-state index is -0.753. The van der Waals surface area contributed by atoms with Gasteiger partial charge in [-0.2, -0.15) is 0 Å². The molecule has 0 saturated carbocycles. The van der Waals surface area contributed by atoms with Gasteiger partial charge in [-0.15, -0.1) is 0 Å². The van der Waals surface area contributed by atoms with Crippen LogP contribution < -0.4 is 10.4 Å². The van der Waals surface area contributed by atoms with Crippen LogP contribution in [0.15, 0.2) is 54.6 Å². The van der Waals surface area contributed by atoms with Crippen LogP contribution in [0.3, 0.4) is 0 Å². The molecule has 25 heavy (non-hydrogen) atoms. The highest BCUT2D eigenvalue weighted by molar-refractivity contribution is 6.13. The van der Waals surface area contributed by atoms with Crippen molar-refractivity contribution in [1.29, 1.82) is 0 Å². The van der Waals surface area contributed by atoms with Crippen molar-refractivity contribution >= 4 is 23.0 Å². The second kappa shape index (κ2) is 6.65. The average Bonchev–Trinajstić information content (AvgIpc) is 2.93. The zero-order chi connectivity index (χ0) is 17.2. The molecule has 5 heteroatoms. The normalized spacial score (nSPS) is 21.4. The summed E-state index contributed by atoms with van der Waals surface area (Å²) in [7, 11) is 0. The molecule has 0 aliphatic carbocycles. The summed E-state index contributed by atoms with van der Waals surface area (Å²) in [6.07, 6.45) is 0.782. The average molecular weight is 334 g/mol. The zero-order valence-electron chi connectivity index (χ0n) is 13.6. The minimum absolute atomic E-state index is 0.0474. The Kier molecular flexibility index (Phi) is 4.20. The summed E-state index contributed by atoms with van der Waals surface area (Å²) in [6.45, 7) is 1.14. The van der Waals surface area contributed by atoms with Gasteiger partial charge in [0.25, 0.3) is 0 Å². The Morgan fingerprint density at radius 1 is 1.16 bits per heavy atom. The first-order chi connectivity index (χ1) is 12.3. The summed E-state index contributed by atoms with van der Waals surface area (Å²) in [5.74, 6) is 1.93. The highest BCUT2D eigenvalue weighted by Gasteiger charge is 2.44. The third kappa shape index (κ3) is 2.79. The summed E-state index contributed by atoms with van der Waals surface area (Å²) in [4.78, 5) is 30.5. The lowest BCUT2D eigenvalue weighted by Crippen LogP contribution is -2.55. The summed E-state index contributed by atoms with van der Waals surface area (Å²) in [5, 5.41) is 4.69. The molecule has 2 aliphatic rings. The minimum Gasteiger partial charge on any atom is -0.307 e. The van der Waals surface area contributed by atoms with Crippen molar-refractivity contribution in [3.8, 4) is 0 Å². The maximum Gasteiger partial charge on any atom is 0.179 e. The van der Waals surface area contributed by atoms with Crippen LogP contribution in [0.25, 0.3) is 5.57 Å². The van der Waals surface area contributed by atoms with Gasteiger partial charge >= 0.3 is 0 Å². The number of para-hydroxylation sites is 1. The zero-order valence-corrected chi connectivity index (χ0v) is 13.6. The summed E-state index contributed by atoms with van der Waals surface area (Å²) < 4.78 is 0. The first-order valence-corrected chi connectivity index (χ1v) is 8.37. The fourth-order valence-corrected chi connectivity index (χ4v) is 3.25. The van der Waals surface area contributed by atoms with Crippen LogP contribution in [0.5, 0.6) is 0 Å². The lowest BCUT2D eigenvalue weighted by atomic mass is 9.92. The van der Waals surface area contributed by atoms with Gasteiger partial charge in [0.1, 0.15) is 5.94 Å². The number of benzene rings is 2. The molecule has 1 N–H and O–H groups in total. The van der Waals surface area contributed by atoms with Crippen molar-refractivity contribution < 1.29 is 14.4 Å². The van der Waals surface area contributed by atoms with Gasteiger partial charge in [-0.05, 0) is 24.6 Å². The Hall–Kier alpha value is -2.72. The number of nitrogens with one attached hydrogen (secondary N) is 1. The number of fused-ring (bicyclic) bond motifs is 1. The number of hydroxylamine groups is 1. The number of carbonyl (C=O) groups is 1. The summed E-state index contributed by atoms with van der Waals surface area (Å²) in [6, 6.07) is 16.2. The predicted molar refractivity (Wildman–Crippen MR) is 94.5 cm³/mol. The van der Waals surface area contributed by atoms with Crippen molar-refractivity contribution in [1.82, 2.24) is 5.32 Å². The molecule has 1 fully saturated rings. The fourth-order valence-electron chi connectivity index (χ4n) is 3.25. The largest absolute Gasteiger partial charge is 0.307 e. The molecule has 2 aromatic carbocycles. The van der Waals surface area contributed by atoms with Gasteiger partial charge in [0.15, 0.2) is 11.8 Å². The number of nitrogens with zero attached hydrogens (tertiary/aromatic N) is 1. The Morgan fingerprint density at radius 2 is 1.88 bits per heavy atom. The van der Waals surface area contributed by atoms with Crippen LogP contribution in [-0.4, -0.2) is 30.4 Å². The van der Waals surface area contributed by atoms with E-state index in [1.165, 1.54) is 0 Å². The third-order valence-corrected chi connectivity index (χ3v) is 4.70.